The first kappa shape index (κ1) is 12.1. The van der Waals surface area contributed by atoms with Crippen molar-refractivity contribution in [2.75, 3.05) is 0 Å². The normalized spacial score (nSPS) is 18.6. The van der Waals surface area contributed by atoms with E-state index in [2.05, 4.69) is 4.74 Å². The third-order valence-corrected chi connectivity index (χ3v) is 2.66. The monoisotopic (exact) mass is 249 g/mol. The van der Waals surface area contributed by atoms with Crippen molar-refractivity contribution in [2.45, 2.75) is 19.0 Å². The molecule has 18 heavy (non-hydrogen) atoms. The molecule has 94 valence electrons. The quantitative estimate of drug-likeness (QED) is 0.638. The van der Waals surface area contributed by atoms with Gasteiger partial charge in [0.25, 0.3) is 0 Å². The van der Waals surface area contributed by atoms with Crippen LogP contribution in [0.2, 0.25) is 0 Å². The Morgan fingerprint density at radius 2 is 2.00 bits per heavy atom. The smallest absolute Gasteiger partial charge is 0.408 e. The molecule has 0 radical (unpaired) electrons. The molecule has 1 aromatic rings. The molecule has 1 atom stereocenters. The van der Waals surface area contributed by atoms with Crippen LogP contribution in [0.15, 0.2) is 30.3 Å². The minimum atomic E-state index is -1.25. The average molecular weight is 249 g/mol. The maximum atomic E-state index is 11.4. The van der Waals surface area contributed by atoms with Gasteiger partial charge in [-0.1, -0.05) is 30.3 Å². The molecule has 0 aromatic heterocycles. The Hall–Kier alpha value is -2.37. The summed E-state index contributed by atoms with van der Waals surface area (Å²) in [6.45, 7) is 0.0449. The summed E-state index contributed by atoms with van der Waals surface area (Å²) in [7, 11) is 0. The summed E-state index contributed by atoms with van der Waals surface area (Å²) in [5.74, 6) is -1.50. The van der Waals surface area contributed by atoms with E-state index in [-0.39, 0.29) is 13.0 Å². The standard InChI is InChI=1S/C12H11NO5/c14-10-6-9(11(15)18-10)13(12(16)17)7-8-4-2-1-3-5-8/h1-5,9H,6-7H2,(H,16,17)/t9-/m1/s1. The second-order valence-electron chi connectivity index (χ2n) is 3.91. The van der Waals surface area contributed by atoms with Crippen LogP contribution >= 0.6 is 0 Å². The van der Waals surface area contributed by atoms with Gasteiger partial charge in [-0.3, -0.25) is 9.69 Å². The number of benzene rings is 1. The Kier molecular flexibility index (Phi) is 3.27. The molecule has 2 rings (SSSR count). The Balaban J connectivity index is 2.17. The Morgan fingerprint density at radius 1 is 1.33 bits per heavy atom. The van der Waals surface area contributed by atoms with Crippen LogP contribution in [0.1, 0.15) is 12.0 Å². The first-order valence-corrected chi connectivity index (χ1v) is 5.36. The highest BCUT2D eigenvalue weighted by Crippen LogP contribution is 2.18. The molecule has 1 aliphatic heterocycles. The second-order valence-corrected chi connectivity index (χ2v) is 3.91. The van der Waals surface area contributed by atoms with Gasteiger partial charge >= 0.3 is 18.0 Å². The molecule has 1 amide bonds. The summed E-state index contributed by atoms with van der Waals surface area (Å²) < 4.78 is 4.36. The second kappa shape index (κ2) is 4.87. The van der Waals surface area contributed by atoms with Crippen molar-refractivity contribution in [1.82, 2.24) is 4.90 Å². The zero-order valence-corrected chi connectivity index (χ0v) is 9.41. The summed E-state index contributed by atoms with van der Waals surface area (Å²) >= 11 is 0. The predicted molar refractivity (Wildman–Crippen MR) is 59.5 cm³/mol. The van der Waals surface area contributed by atoms with Gasteiger partial charge in [-0.25, -0.2) is 9.59 Å². The maximum absolute atomic E-state index is 11.4. The van der Waals surface area contributed by atoms with Gasteiger partial charge in [-0.05, 0) is 5.56 Å². The average Bonchev–Trinajstić information content (AvgIpc) is 2.66. The molecule has 1 saturated heterocycles. The first-order chi connectivity index (χ1) is 8.58. The summed E-state index contributed by atoms with van der Waals surface area (Å²) in [5.41, 5.74) is 0.743. The van der Waals surface area contributed by atoms with Crippen molar-refractivity contribution in [1.29, 1.82) is 0 Å². The molecule has 1 aromatic carbocycles. The molecule has 0 bridgehead atoms. The zero-order chi connectivity index (χ0) is 13.1. The number of esters is 2. The van der Waals surface area contributed by atoms with Gasteiger partial charge in [0.2, 0.25) is 0 Å². The third-order valence-electron chi connectivity index (χ3n) is 2.66. The molecular formula is C12H11NO5. The van der Waals surface area contributed by atoms with Crippen molar-refractivity contribution in [3.63, 3.8) is 0 Å². The molecule has 0 saturated carbocycles. The van der Waals surface area contributed by atoms with Gasteiger partial charge in [-0.15, -0.1) is 0 Å². The molecule has 0 spiro atoms. The first-order valence-electron chi connectivity index (χ1n) is 5.36. The molecule has 6 heteroatoms. The van der Waals surface area contributed by atoms with E-state index < -0.39 is 24.1 Å². The Morgan fingerprint density at radius 3 is 2.50 bits per heavy atom. The molecule has 1 fully saturated rings. The number of cyclic esters (lactones) is 2. The number of carbonyl (C=O) groups excluding carboxylic acids is 2. The zero-order valence-electron chi connectivity index (χ0n) is 9.41. The fourth-order valence-electron chi connectivity index (χ4n) is 1.79. The van der Waals surface area contributed by atoms with Crippen LogP contribution in [0, 0.1) is 0 Å². The highest BCUT2D eigenvalue weighted by Gasteiger charge is 2.40. The van der Waals surface area contributed by atoms with E-state index in [0.717, 1.165) is 10.5 Å². The van der Waals surface area contributed by atoms with Crippen molar-refractivity contribution < 1.29 is 24.2 Å². The molecule has 1 aliphatic rings. The Labute approximate surface area is 103 Å². The van der Waals surface area contributed by atoms with Crippen molar-refractivity contribution in [2.24, 2.45) is 0 Å². The fraction of sp³-hybridized carbons (Fsp3) is 0.250. The number of ether oxygens (including phenoxy) is 1. The van der Waals surface area contributed by atoms with Gasteiger partial charge < -0.3 is 9.84 Å². The molecule has 6 nitrogen and oxygen atoms in total. The largest absolute Gasteiger partial charge is 0.465 e. The van der Waals surface area contributed by atoms with E-state index in [0.29, 0.717) is 0 Å². The number of hydrogen-bond donors (Lipinski definition) is 1. The number of carboxylic acid groups (broad SMARTS) is 1. The number of carbonyl (C=O) groups is 3. The van der Waals surface area contributed by atoms with Crippen molar-refractivity contribution in [3.05, 3.63) is 35.9 Å². The van der Waals surface area contributed by atoms with Crippen molar-refractivity contribution >= 4 is 18.0 Å². The van der Waals surface area contributed by atoms with E-state index in [1.165, 1.54) is 0 Å². The van der Waals surface area contributed by atoms with Gasteiger partial charge in [0.15, 0.2) is 0 Å². The van der Waals surface area contributed by atoms with Gasteiger partial charge in [0.1, 0.15) is 6.04 Å². The highest BCUT2D eigenvalue weighted by molar-refractivity contribution is 5.98. The lowest BCUT2D eigenvalue weighted by atomic mass is 10.1. The van der Waals surface area contributed by atoms with Crippen molar-refractivity contribution in [3.8, 4) is 0 Å². The van der Waals surface area contributed by atoms with E-state index in [1.54, 1.807) is 24.3 Å². The molecule has 0 aliphatic carbocycles. The number of amides is 1. The summed E-state index contributed by atoms with van der Waals surface area (Å²) in [6, 6.07) is 7.80. The van der Waals surface area contributed by atoms with Crippen LogP contribution in [0.5, 0.6) is 0 Å². The van der Waals surface area contributed by atoms with Gasteiger partial charge in [-0.2, -0.15) is 0 Å². The van der Waals surface area contributed by atoms with Crippen LogP contribution in [0.4, 0.5) is 4.79 Å². The lowest BCUT2D eigenvalue weighted by Gasteiger charge is -2.22. The van der Waals surface area contributed by atoms with Gasteiger partial charge in [0.05, 0.1) is 6.42 Å². The van der Waals surface area contributed by atoms with Crippen LogP contribution in [-0.4, -0.2) is 34.1 Å². The van der Waals surface area contributed by atoms with Crippen LogP contribution in [-0.2, 0) is 20.9 Å². The number of rotatable bonds is 3. The molecule has 1 heterocycles. The van der Waals surface area contributed by atoms with Crippen LogP contribution in [0.25, 0.3) is 0 Å². The SMILES string of the molecule is O=C1C[C@@H](N(Cc2ccccc2)C(=O)O)C(=O)O1. The number of hydrogen-bond acceptors (Lipinski definition) is 4. The topological polar surface area (TPSA) is 83.9 Å². The summed E-state index contributed by atoms with van der Waals surface area (Å²) in [6.07, 6.45) is -1.48. The predicted octanol–water partition coefficient (Wildman–Crippen LogP) is 1.01. The summed E-state index contributed by atoms with van der Waals surface area (Å²) in [4.78, 5) is 34.4. The Bertz CT molecular complexity index is 485. The lowest BCUT2D eigenvalue weighted by molar-refractivity contribution is -0.153. The minimum absolute atomic E-state index is 0.0449. The van der Waals surface area contributed by atoms with E-state index in [4.69, 9.17) is 5.11 Å². The third kappa shape index (κ3) is 2.48. The van der Waals surface area contributed by atoms with Crippen LogP contribution < -0.4 is 0 Å². The molecular weight excluding hydrogens is 238 g/mol. The lowest BCUT2D eigenvalue weighted by Crippen LogP contribution is -2.41. The maximum Gasteiger partial charge on any atom is 0.408 e. The van der Waals surface area contributed by atoms with E-state index in [9.17, 15) is 14.4 Å². The van der Waals surface area contributed by atoms with Crippen LogP contribution in [0.3, 0.4) is 0 Å². The summed E-state index contributed by atoms with van der Waals surface area (Å²) in [5, 5.41) is 9.11. The number of nitrogens with zero attached hydrogens (tertiary/aromatic N) is 1. The fourth-order valence-corrected chi connectivity index (χ4v) is 1.79. The minimum Gasteiger partial charge on any atom is -0.465 e. The van der Waals surface area contributed by atoms with E-state index >= 15 is 0 Å². The van der Waals surface area contributed by atoms with E-state index in [1.807, 2.05) is 6.07 Å². The molecule has 1 N–H and O–H groups in total. The van der Waals surface area contributed by atoms with Gasteiger partial charge in [0, 0.05) is 6.54 Å². The highest BCUT2D eigenvalue weighted by atomic mass is 16.6. The molecule has 0 unspecified atom stereocenters.